The van der Waals surface area contributed by atoms with E-state index in [4.69, 9.17) is 23.2 Å². The molecule has 1 aromatic heterocycles. The molecule has 0 aliphatic rings. The number of hydrogen-bond donors (Lipinski definition) is 1. The number of halogens is 2. The van der Waals surface area contributed by atoms with Gasteiger partial charge in [-0.25, -0.2) is 8.42 Å². The number of benzene rings is 2. The molecular formula is C19H19Cl2N3O4S2. The van der Waals surface area contributed by atoms with Crippen LogP contribution in [0.25, 0.3) is 10.2 Å². The van der Waals surface area contributed by atoms with E-state index in [-0.39, 0.29) is 20.6 Å². The van der Waals surface area contributed by atoms with E-state index in [0.29, 0.717) is 12.2 Å². The second-order valence-electron chi connectivity index (χ2n) is 6.65. The lowest BCUT2D eigenvalue weighted by Gasteiger charge is -2.28. The van der Waals surface area contributed by atoms with Gasteiger partial charge in [0.2, 0.25) is 15.9 Å². The van der Waals surface area contributed by atoms with Crippen molar-refractivity contribution in [1.82, 2.24) is 4.57 Å². The third kappa shape index (κ3) is 4.64. The van der Waals surface area contributed by atoms with E-state index in [2.05, 4.69) is 5.32 Å². The summed E-state index contributed by atoms with van der Waals surface area (Å²) in [5.74, 6) is -0.543. The molecule has 1 heterocycles. The SMILES string of the molecule is CCn1c(=O)sc2cc(NC(=O)[C@@H](C)N(c3cc(Cl)cc(Cl)c3)S(C)(=O)=O)ccc21. The number of anilines is 2. The summed E-state index contributed by atoms with van der Waals surface area (Å²) in [6.45, 7) is 3.90. The van der Waals surface area contributed by atoms with Crippen LogP contribution in [0.4, 0.5) is 11.4 Å². The van der Waals surface area contributed by atoms with E-state index < -0.39 is 22.0 Å². The molecule has 0 unspecified atom stereocenters. The molecule has 0 fully saturated rings. The Morgan fingerprint density at radius 1 is 1.20 bits per heavy atom. The molecular weight excluding hydrogens is 469 g/mol. The van der Waals surface area contributed by atoms with Crippen LogP contribution in [0.5, 0.6) is 0 Å². The van der Waals surface area contributed by atoms with Gasteiger partial charge in [0.1, 0.15) is 6.04 Å². The smallest absolute Gasteiger partial charge is 0.308 e. The lowest BCUT2D eigenvalue weighted by atomic mass is 10.2. The van der Waals surface area contributed by atoms with Gasteiger partial charge in [0.05, 0.1) is 22.2 Å². The maximum Gasteiger partial charge on any atom is 0.308 e. The van der Waals surface area contributed by atoms with Crippen molar-refractivity contribution in [1.29, 1.82) is 0 Å². The maximum atomic E-state index is 12.9. The Labute approximate surface area is 187 Å². The highest BCUT2D eigenvalue weighted by Gasteiger charge is 2.29. The Kier molecular flexibility index (Phi) is 6.47. The van der Waals surface area contributed by atoms with Gasteiger partial charge in [-0.2, -0.15) is 0 Å². The van der Waals surface area contributed by atoms with Gasteiger partial charge in [-0.05, 0) is 50.2 Å². The predicted molar refractivity (Wildman–Crippen MR) is 124 cm³/mol. The summed E-state index contributed by atoms with van der Waals surface area (Å²) >= 11 is 13.1. The number of thiazole rings is 1. The number of nitrogens with one attached hydrogen (secondary N) is 1. The van der Waals surface area contributed by atoms with Crippen LogP contribution in [0, 0.1) is 0 Å². The number of rotatable bonds is 6. The van der Waals surface area contributed by atoms with Gasteiger partial charge >= 0.3 is 4.87 Å². The van der Waals surface area contributed by atoms with Crippen molar-refractivity contribution in [2.24, 2.45) is 0 Å². The second-order valence-corrected chi connectivity index (χ2v) is 10.4. The topological polar surface area (TPSA) is 88.5 Å². The quantitative estimate of drug-likeness (QED) is 0.564. The minimum Gasteiger partial charge on any atom is -0.324 e. The number of carbonyl (C=O) groups excluding carboxylic acids is 1. The molecule has 0 saturated carbocycles. The molecule has 0 aliphatic carbocycles. The van der Waals surface area contributed by atoms with E-state index in [9.17, 15) is 18.0 Å². The summed E-state index contributed by atoms with van der Waals surface area (Å²) in [5, 5.41) is 3.22. The van der Waals surface area contributed by atoms with E-state index in [1.165, 1.54) is 25.1 Å². The third-order valence-corrected chi connectivity index (χ3v) is 7.06. The van der Waals surface area contributed by atoms with Gasteiger partial charge in [-0.1, -0.05) is 34.5 Å². The van der Waals surface area contributed by atoms with Crippen molar-refractivity contribution in [3.63, 3.8) is 0 Å². The number of amides is 1. The highest BCUT2D eigenvalue weighted by atomic mass is 35.5. The van der Waals surface area contributed by atoms with Crippen LogP contribution in [0.3, 0.4) is 0 Å². The van der Waals surface area contributed by atoms with Crippen LogP contribution in [-0.4, -0.2) is 31.2 Å². The monoisotopic (exact) mass is 487 g/mol. The number of hydrogen-bond acceptors (Lipinski definition) is 5. The first-order chi connectivity index (χ1) is 14.0. The Bertz CT molecular complexity index is 1260. The first-order valence-corrected chi connectivity index (χ1v) is 12.3. The van der Waals surface area contributed by atoms with Crippen LogP contribution in [0.15, 0.2) is 41.2 Å². The van der Waals surface area contributed by atoms with Crippen molar-refractivity contribution in [2.75, 3.05) is 15.9 Å². The van der Waals surface area contributed by atoms with Crippen LogP contribution < -0.4 is 14.5 Å². The Hall–Kier alpha value is -2.07. The van der Waals surface area contributed by atoms with E-state index in [0.717, 1.165) is 32.1 Å². The summed E-state index contributed by atoms with van der Waals surface area (Å²) < 4.78 is 28.2. The molecule has 3 aromatic rings. The average Bonchev–Trinajstić information content (AvgIpc) is 2.93. The highest BCUT2D eigenvalue weighted by Crippen LogP contribution is 2.29. The zero-order valence-corrected chi connectivity index (χ0v) is 19.5. The van der Waals surface area contributed by atoms with Crippen LogP contribution in [-0.2, 0) is 21.4 Å². The van der Waals surface area contributed by atoms with Crippen molar-refractivity contribution in [3.8, 4) is 0 Å². The van der Waals surface area contributed by atoms with Gasteiger partial charge in [0.25, 0.3) is 0 Å². The number of aromatic nitrogens is 1. The molecule has 11 heteroatoms. The Balaban J connectivity index is 1.92. The lowest BCUT2D eigenvalue weighted by molar-refractivity contribution is -0.116. The largest absolute Gasteiger partial charge is 0.324 e. The molecule has 0 bridgehead atoms. The van der Waals surface area contributed by atoms with Crippen LogP contribution >= 0.6 is 34.5 Å². The molecule has 0 radical (unpaired) electrons. The molecule has 160 valence electrons. The summed E-state index contributed by atoms with van der Waals surface area (Å²) in [4.78, 5) is 24.8. The fourth-order valence-electron chi connectivity index (χ4n) is 3.17. The molecule has 30 heavy (non-hydrogen) atoms. The number of sulfonamides is 1. The number of carbonyl (C=O) groups is 1. The maximum absolute atomic E-state index is 12.9. The highest BCUT2D eigenvalue weighted by molar-refractivity contribution is 7.92. The second kappa shape index (κ2) is 8.58. The van der Waals surface area contributed by atoms with Gasteiger partial charge < -0.3 is 5.32 Å². The molecule has 0 spiro atoms. The molecule has 7 nitrogen and oxygen atoms in total. The summed E-state index contributed by atoms with van der Waals surface area (Å²) in [6, 6.07) is 8.36. The van der Waals surface area contributed by atoms with Crippen molar-refractivity contribution in [3.05, 3.63) is 56.1 Å². The zero-order valence-electron chi connectivity index (χ0n) is 16.3. The molecule has 1 amide bonds. The van der Waals surface area contributed by atoms with Crippen LogP contribution in [0.1, 0.15) is 13.8 Å². The molecule has 0 aliphatic heterocycles. The molecule has 0 saturated heterocycles. The van der Waals surface area contributed by atoms with E-state index >= 15 is 0 Å². The van der Waals surface area contributed by atoms with Gasteiger partial charge in [0, 0.05) is 22.3 Å². The Morgan fingerprint density at radius 3 is 2.40 bits per heavy atom. The summed E-state index contributed by atoms with van der Waals surface area (Å²) in [6.07, 6.45) is 1.00. The summed E-state index contributed by atoms with van der Waals surface area (Å²) in [5.41, 5.74) is 1.43. The number of fused-ring (bicyclic) bond motifs is 1. The Morgan fingerprint density at radius 2 is 1.83 bits per heavy atom. The third-order valence-electron chi connectivity index (χ3n) is 4.44. The fraction of sp³-hybridized carbons (Fsp3) is 0.263. The number of nitrogens with zero attached hydrogens (tertiary/aromatic N) is 2. The summed E-state index contributed by atoms with van der Waals surface area (Å²) in [7, 11) is -3.82. The van der Waals surface area contributed by atoms with Crippen molar-refractivity contribution < 1.29 is 13.2 Å². The normalized spacial score (nSPS) is 12.7. The van der Waals surface area contributed by atoms with E-state index in [1.807, 2.05) is 6.92 Å². The first-order valence-electron chi connectivity index (χ1n) is 8.91. The average molecular weight is 488 g/mol. The lowest BCUT2D eigenvalue weighted by Crippen LogP contribution is -2.45. The minimum atomic E-state index is -3.82. The molecule has 1 atom stereocenters. The van der Waals surface area contributed by atoms with Gasteiger partial charge in [-0.15, -0.1) is 0 Å². The van der Waals surface area contributed by atoms with E-state index in [1.54, 1.807) is 22.8 Å². The van der Waals surface area contributed by atoms with Gasteiger partial charge in [-0.3, -0.25) is 18.5 Å². The first kappa shape index (κ1) is 22.6. The van der Waals surface area contributed by atoms with Gasteiger partial charge in [0.15, 0.2) is 0 Å². The standard InChI is InChI=1S/C19H19Cl2N3O4S2/c1-4-23-16-6-5-14(10-17(16)29-19(23)26)22-18(25)11(2)24(30(3,27)28)15-8-12(20)7-13(21)9-15/h5-11H,4H2,1-3H3,(H,22,25)/t11-/m1/s1. The van der Waals surface area contributed by atoms with Crippen LogP contribution in [0.2, 0.25) is 10.0 Å². The molecule has 1 N–H and O–H groups in total. The predicted octanol–water partition coefficient (Wildman–Crippen LogP) is 4.18. The minimum absolute atomic E-state index is 0.0783. The van der Waals surface area contributed by atoms with Crippen molar-refractivity contribution >= 4 is 72.1 Å². The zero-order chi connectivity index (χ0) is 22.2. The fourth-order valence-corrected chi connectivity index (χ4v) is 5.83. The number of aryl methyl sites for hydroxylation is 1. The molecule has 2 aromatic carbocycles. The molecule has 3 rings (SSSR count). The van der Waals surface area contributed by atoms with Crippen molar-refractivity contribution in [2.45, 2.75) is 26.4 Å².